The minimum absolute atomic E-state index is 0.810. The molecule has 0 nitrogen and oxygen atoms in total. The Labute approximate surface area is 82.0 Å². The number of hydrogen-bond donors (Lipinski definition) is 0. The van der Waals surface area contributed by atoms with Crippen LogP contribution in [0.2, 0.25) is 0 Å². The van der Waals surface area contributed by atoms with E-state index in [0.29, 0.717) is 0 Å². The number of hydrogen-bond acceptors (Lipinski definition) is 0. The number of fused-ring (bicyclic) bond motifs is 1. The summed E-state index contributed by atoms with van der Waals surface area (Å²) in [6, 6.07) is 8.79. The van der Waals surface area contributed by atoms with Crippen LogP contribution in [0.5, 0.6) is 0 Å². The molecule has 0 saturated heterocycles. The zero-order chi connectivity index (χ0) is 9.84. The highest BCUT2D eigenvalue weighted by Gasteiger charge is 2.27. The minimum atomic E-state index is 0.810. The summed E-state index contributed by atoms with van der Waals surface area (Å²) in [6.45, 7) is 8.61. The van der Waals surface area contributed by atoms with Gasteiger partial charge in [-0.2, -0.15) is 0 Å². The first-order chi connectivity index (χ1) is 6.29. The first-order valence-electron chi connectivity index (χ1n) is 5.37. The van der Waals surface area contributed by atoms with Gasteiger partial charge in [-0.3, -0.25) is 0 Å². The fourth-order valence-corrected chi connectivity index (χ4v) is 1.89. The van der Waals surface area contributed by atoms with Crippen molar-refractivity contribution in [1.82, 2.24) is 0 Å². The Balaban J connectivity index is 0.000000396. The van der Waals surface area contributed by atoms with Crippen LogP contribution in [0.1, 0.15) is 44.7 Å². The molecule has 0 heterocycles. The lowest BCUT2D eigenvalue weighted by Crippen LogP contribution is -2.21. The average molecular weight is 176 g/mol. The quantitative estimate of drug-likeness (QED) is 0.606. The summed E-state index contributed by atoms with van der Waals surface area (Å²) in [5.74, 6) is 1.65. The van der Waals surface area contributed by atoms with Crippen molar-refractivity contribution >= 4 is 0 Å². The minimum Gasteiger partial charge on any atom is -0.0683 e. The van der Waals surface area contributed by atoms with Crippen molar-refractivity contribution in [2.45, 2.75) is 40.0 Å². The molecule has 0 aromatic heterocycles. The van der Waals surface area contributed by atoms with Crippen LogP contribution in [-0.2, 0) is 6.42 Å². The predicted octanol–water partition coefficient (Wildman–Crippen LogP) is 4.01. The van der Waals surface area contributed by atoms with Crippen LogP contribution in [0.4, 0.5) is 0 Å². The summed E-state index contributed by atoms with van der Waals surface area (Å²) >= 11 is 0. The number of rotatable bonds is 1. The van der Waals surface area contributed by atoms with E-state index in [-0.39, 0.29) is 0 Å². The molecule has 0 amide bonds. The second-order valence-corrected chi connectivity index (χ2v) is 3.75. The molecule has 1 aromatic rings. The molecule has 1 aliphatic carbocycles. The van der Waals surface area contributed by atoms with E-state index in [2.05, 4.69) is 38.1 Å². The maximum Gasteiger partial charge on any atom is -0.00956 e. The van der Waals surface area contributed by atoms with Gasteiger partial charge in [-0.25, -0.2) is 0 Å². The van der Waals surface area contributed by atoms with E-state index in [1.807, 2.05) is 13.8 Å². The van der Waals surface area contributed by atoms with Crippen molar-refractivity contribution in [3.8, 4) is 0 Å². The maximum absolute atomic E-state index is 2.31. The molecule has 13 heavy (non-hydrogen) atoms. The molecule has 1 unspecified atom stereocenters. The van der Waals surface area contributed by atoms with Gasteiger partial charge in [-0.05, 0) is 29.4 Å². The average Bonchev–Trinajstić information content (AvgIpc) is 2.10. The summed E-state index contributed by atoms with van der Waals surface area (Å²) in [7, 11) is 0. The maximum atomic E-state index is 2.31. The standard InChI is InChI=1S/C11H14.C2H6/c1-8(2)11-7-9-5-3-4-6-10(9)11;1-2/h3-6,8,11H,7H2,1-2H3;1-2H3. The predicted molar refractivity (Wildman–Crippen MR) is 59.1 cm³/mol. The second kappa shape index (κ2) is 4.45. The summed E-state index contributed by atoms with van der Waals surface area (Å²) in [4.78, 5) is 0. The fourth-order valence-electron chi connectivity index (χ4n) is 1.89. The molecular formula is C13H20. The van der Waals surface area contributed by atoms with Gasteiger partial charge in [0.05, 0.1) is 0 Å². The van der Waals surface area contributed by atoms with Crippen LogP contribution in [-0.4, -0.2) is 0 Å². The lowest BCUT2D eigenvalue weighted by atomic mass is 9.72. The van der Waals surface area contributed by atoms with Crippen LogP contribution in [0.15, 0.2) is 24.3 Å². The van der Waals surface area contributed by atoms with Crippen LogP contribution < -0.4 is 0 Å². The Morgan fingerprint density at radius 1 is 1.15 bits per heavy atom. The molecule has 1 atom stereocenters. The highest BCUT2D eigenvalue weighted by Crippen LogP contribution is 2.39. The van der Waals surface area contributed by atoms with Crippen LogP contribution >= 0.6 is 0 Å². The molecule has 1 aliphatic rings. The van der Waals surface area contributed by atoms with Crippen molar-refractivity contribution in [2.75, 3.05) is 0 Å². The summed E-state index contributed by atoms with van der Waals surface area (Å²) in [5.41, 5.74) is 3.15. The highest BCUT2D eigenvalue weighted by atomic mass is 14.3. The molecular weight excluding hydrogens is 156 g/mol. The molecule has 0 N–H and O–H groups in total. The molecule has 0 spiro atoms. The molecule has 0 aliphatic heterocycles. The van der Waals surface area contributed by atoms with E-state index < -0.39 is 0 Å². The number of benzene rings is 1. The summed E-state index contributed by atoms with van der Waals surface area (Å²) in [5, 5.41) is 0. The highest BCUT2D eigenvalue weighted by molar-refractivity contribution is 5.40. The first-order valence-corrected chi connectivity index (χ1v) is 5.37. The lowest BCUT2D eigenvalue weighted by molar-refractivity contribution is 0.451. The lowest BCUT2D eigenvalue weighted by Gasteiger charge is -2.33. The Morgan fingerprint density at radius 2 is 1.77 bits per heavy atom. The Bertz CT molecular complexity index is 260. The van der Waals surface area contributed by atoms with Gasteiger partial charge in [-0.15, -0.1) is 0 Å². The third-order valence-corrected chi connectivity index (χ3v) is 2.70. The third kappa shape index (κ3) is 1.93. The SMILES string of the molecule is CC.CC(C)C1Cc2ccccc21. The Morgan fingerprint density at radius 3 is 2.31 bits per heavy atom. The van der Waals surface area contributed by atoms with Gasteiger partial charge < -0.3 is 0 Å². The molecule has 1 aromatic carbocycles. The van der Waals surface area contributed by atoms with Gasteiger partial charge >= 0.3 is 0 Å². The van der Waals surface area contributed by atoms with Gasteiger partial charge in [0.2, 0.25) is 0 Å². The smallest absolute Gasteiger partial charge is 0.00956 e. The van der Waals surface area contributed by atoms with E-state index in [1.165, 1.54) is 6.42 Å². The Hall–Kier alpha value is -0.780. The van der Waals surface area contributed by atoms with Gasteiger partial charge in [0.15, 0.2) is 0 Å². The molecule has 0 saturated carbocycles. The van der Waals surface area contributed by atoms with Gasteiger partial charge in [-0.1, -0.05) is 52.0 Å². The normalized spacial score (nSPS) is 18.4. The van der Waals surface area contributed by atoms with E-state index in [0.717, 1.165) is 11.8 Å². The van der Waals surface area contributed by atoms with Gasteiger partial charge in [0.25, 0.3) is 0 Å². The molecule has 0 heteroatoms. The molecule has 72 valence electrons. The van der Waals surface area contributed by atoms with Crippen molar-refractivity contribution in [2.24, 2.45) is 5.92 Å². The molecule has 0 bridgehead atoms. The largest absolute Gasteiger partial charge is 0.0683 e. The molecule has 0 fully saturated rings. The van der Waals surface area contributed by atoms with E-state index in [4.69, 9.17) is 0 Å². The zero-order valence-electron chi connectivity index (χ0n) is 9.17. The van der Waals surface area contributed by atoms with E-state index in [1.54, 1.807) is 11.1 Å². The van der Waals surface area contributed by atoms with Gasteiger partial charge in [0.1, 0.15) is 0 Å². The van der Waals surface area contributed by atoms with Crippen LogP contribution in [0.25, 0.3) is 0 Å². The monoisotopic (exact) mass is 176 g/mol. The topological polar surface area (TPSA) is 0 Å². The van der Waals surface area contributed by atoms with Crippen LogP contribution in [0.3, 0.4) is 0 Å². The van der Waals surface area contributed by atoms with Crippen molar-refractivity contribution < 1.29 is 0 Å². The molecule has 0 radical (unpaired) electrons. The van der Waals surface area contributed by atoms with Crippen molar-refractivity contribution in [3.05, 3.63) is 35.4 Å². The van der Waals surface area contributed by atoms with E-state index in [9.17, 15) is 0 Å². The van der Waals surface area contributed by atoms with E-state index >= 15 is 0 Å². The van der Waals surface area contributed by atoms with Gasteiger partial charge in [0, 0.05) is 0 Å². The van der Waals surface area contributed by atoms with Crippen molar-refractivity contribution in [3.63, 3.8) is 0 Å². The summed E-state index contributed by atoms with van der Waals surface area (Å²) in [6.07, 6.45) is 1.30. The second-order valence-electron chi connectivity index (χ2n) is 3.75. The fraction of sp³-hybridized carbons (Fsp3) is 0.538. The summed E-state index contributed by atoms with van der Waals surface area (Å²) < 4.78 is 0. The molecule has 2 rings (SSSR count). The van der Waals surface area contributed by atoms with Crippen LogP contribution in [0, 0.1) is 5.92 Å². The van der Waals surface area contributed by atoms with Crippen molar-refractivity contribution in [1.29, 1.82) is 0 Å². The Kier molecular flexibility index (Phi) is 3.53. The zero-order valence-corrected chi connectivity index (χ0v) is 9.17. The third-order valence-electron chi connectivity index (χ3n) is 2.70. The first kappa shape index (κ1) is 10.3.